The maximum atomic E-state index is 6.28. The van der Waals surface area contributed by atoms with Gasteiger partial charge in [0.1, 0.15) is 24.7 Å². The number of halogens is 1. The van der Waals surface area contributed by atoms with Gasteiger partial charge in [-0.3, -0.25) is 0 Å². The molecule has 1 aliphatic heterocycles. The fraction of sp³-hybridized carbons (Fsp3) is 0.273. The van der Waals surface area contributed by atoms with E-state index in [1.165, 1.54) is 21.2 Å². The normalized spacial score (nSPS) is 13.0. The second-order valence-electron chi connectivity index (χ2n) is 11.4. The molecule has 1 heterocycles. The van der Waals surface area contributed by atoms with Crippen LogP contribution in [0.15, 0.2) is 105 Å². The van der Waals surface area contributed by atoms with Crippen molar-refractivity contribution in [2.24, 2.45) is 0 Å². The summed E-state index contributed by atoms with van der Waals surface area (Å²) in [5, 5.41) is 0.179. The predicted molar refractivity (Wildman–Crippen MR) is 172 cm³/mol. The fourth-order valence-electron chi connectivity index (χ4n) is 4.30. The summed E-state index contributed by atoms with van der Waals surface area (Å²) in [6.45, 7) is 12.8. The molecular weight excluding hydrogens is 598 g/mol. The summed E-state index contributed by atoms with van der Waals surface area (Å²) in [7, 11) is -1.80. The van der Waals surface area contributed by atoms with Crippen molar-refractivity contribution >= 4 is 53.1 Å². The van der Waals surface area contributed by atoms with Gasteiger partial charge in [0.2, 0.25) is 0 Å². The lowest BCUT2D eigenvalue weighted by molar-refractivity contribution is 0.199. The Balaban J connectivity index is 1.26. The molecule has 0 atom stereocenters. The summed E-state index contributed by atoms with van der Waals surface area (Å²) >= 11 is 5.41. The van der Waals surface area contributed by atoms with Gasteiger partial charge in [-0.1, -0.05) is 72.7 Å². The summed E-state index contributed by atoms with van der Waals surface area (Å²) in [4.78, 5) is 4.81. The van der Waals surface area contributed by atoms with Crippen molar-refractivity contribution in [3.8, 4) is 11.5 Å². The van der Waals surface area contributed by atoms with Crippen LogP contribution in [-0.2, 0) is 11.0 Å². The van der Waals surface area contributed by atoms with Crippen molar-refractivity contribution in [2.45, 2.75) is 55.3 Å². The van der Waals surface area contributed by atoms with E-state index in [9.17, 15) is 0 Å². The van der Waals surface area contributed by atoms with Gasteiger partial charge in [0.15, 0.2) is 8.32 Å². The number of para-hydroxylation sites is 2. The molecule has 0 aliphatic carbocycles. The third kappa shape index (κ3) is 6.44. The highest BCUT2D eigenvalue weighted by Crippen LogP contribution is 2.51. The van der Waals surface area contributed by atoms with Gasteiger partial charge in [-0.25, -0.2) is 0 Å². The Hall–Kier alpha value is -2.71. The highest BCUT2D eigenvalue weighted by molar-refractivity contribution is 9.10. The van der Waals surface area contributed by atoms with E-state index in [-0.39, 0.29) is 5.04 Å². The second-order valence-corrected chi connectivity index (χ2v) is 18.2. The minimum atomic E-state index is -1.80. The molecule has 0 spiro atoms. The molecule has 0 saturated carbocycles. The molecule has 0 bridgehead atoms. The third-order valence-electron chi connectivity index (χ3n) is 7.55. The molecule has 4 aromatic carbocycles. The summed E-state index contributed by atoms with van der Waals surface area (Å²) in [5.41, 5.74) is 4.46. The number of anilines is 3. The minimum Gasteiger partial charge on any atom is -0.491 e. The lowest BCUT2D eigenvalue weighted by Gasteiger charge is -2.36. The molecule has 40 heavy (non-hydrogen) atoms. The van der Waals surface area contributed by atoms with Gasteiger partial charge in [0.05, 0.1) is 18.0 Å². The predicted octanol–water partition coefficient (Wildman–Crippen LogP) is 10.4. The average molecular weight is 635 g/mol. The zero-order chi connectivity index (χ0) is 28.3. The Bertz CT molecular complexity index is 1420. The van der Waals surface area contributed by atoms with Crippen LogP contribution in [-0.4, -0.2) is 21.5 Å². The number of hydrogen-bond donors (Lipinski definition) is 0. The first-order valence-electron chi connectivity index (χ1n) is 13.6. The molecule has 4 aromatic rings. The number of nitrogens with zero attached hydrogens (tertiary/aromatic N) is 1. The van der Waals surface area contributed by atoms with Crippen molar-refractivity contribution in [1.29, 1.82) is 0 Å². The van der Waals surface area contributed by atoms with Crippen LogP contribution in [0.5, 0.6) is 11.5 Å². The first-order valence-corrected chi connectivity index (χ1v) is 18.1. The fourth-order valence-corrected chi connectivity index (χ4v) is 6.79. The first-order chi connectivity index (χ1) is 19.1. The lowest BCUT2D eigenvalue weighted by atomic mass is 10.1. The van der Waals surface area contributed by atoms with E-state index in [0.29, 0.717) is 19.8 Å². The molecule has 0 fully saturated rings. The highest BCUT2D eigenvalue weighted by atomic mass is 79.9. The van der Waals surface area contributed by atoms with Gasteiger partial charge in [-0.05, 0) is 84.9 Å². The molecule has 0 N–H and O–H groups in total. The van der Waals surface area contributed by atoms with Gasteiger partial charge in [0.25, 0.3) is 0 Å². The van der Waals surface area contributed by atoms with E-state index in [4.69, 9.17) is 13.9 Å². The number of benzene rings is 4. The molecular formula is C33H36BrNO3SSi. The maximum absolute atomic E-state index is 6.28. The van der Waals surface area contributed by atoms with E-state index >= 15 is 0 Å². The van der Waals surface area contributed by atoms with Gasteiger partial charge in [-0.15, -0.1) is 0 Å². The van der Waals surface area contributed by atoms with E-state index in [1.54, 1.807) is 0 Å². The van der Waals surface area contributed by atoms with Crippen LogP contribution in [0.2, 0.25) is 18.1 Å². The maximum Gasteiger partial charge on any atom is 0.192 e. The van der Waals surface area contributed by atoms with Crippen LogP contribution in [0.3, 0.4) is 0 Å². The van der Waals surface area contributed by atoms with Gasteiger partial charge in [0, 0.05) is 25.5 Å². The van der Waals surface area contributed by atoms with Crippen molar-refractivity contribution in [3.63, 3.8) is 0 Å². The van der Waals surface area contributed by atoms with E-state index in [2.05, 4.69) is 121 Å². The van der Waals surface area contributed by atoms with Crippen LogP contribution in [0.1, 0.15) is 26.3 Å². The van der Waals surface area contributed by atoms with Crippen LogP contribution >= 0.6 is 27.7 Å². The van der Waals surface area contributed by atoms with Crippen molar-refractivity contribution < 1.29 is 13.9 Å². The quantitative estimate of drug-likeness (QED) is 0.119. The van der Waals surface area contributed by atoms with Crippen LogP contribution in [0.4, 0.5) is 17.1 Å². The Morgan fingerprint density at radius 2 is 1.40 bits per heavy atom. The summed E-state index contributed by atoms with van der Waals surface area (Å²) in [6.07, 6.45) is 0. The van der Waals surface area contributed by atoms with Gasteiger partial charge >= 0.3 is 0 Å². The molecule has 208 valence electrons. The topological polar surface area (TPSA) is 30.9 Å². The molecule has 0 unspecified atom stereocenters. The minimum absolute atomic E-state index is 0.179. The standard InChI is InChI=1S/C33H36BrNO3SSi/c1-33(2,3)40(4,5)38-21-20-36-30-19-14-25(34)22-24(30)23-37-27-17-15-26(16-18-27)35-28-10-6-8-12-31(28)39-32-13-9-7-11-29(32)35/h6-19,22H,20-21,23H2,1-5H3. The van der Waals surface area contributed by atoms with Crippen LogP contribution < -0.4 is 14.4 Å². The molecule has 1 aliphatic rings. The number of fused-ring (bicyclic) bond motifs is 2. The monoisotopic (exact) mass is 633 g/mol. The Kier molecular flexibility index (Phi) is 8.66. The molecule has 0 aromatic heterocycles. The number of hydrogen-bond acceptors (Lipinski definition) is 5. The summed E-state index contributed by atoms with van der Waals surface area (Å²) < 4.78 is 19.6. The Labute approximate surface area is 251 Å². The SMILES string of the molecule is CC(C)(C)[Si](C)(C)OCCOc1ccc(Br)cc1COc1ccc(N2c3ccccc3Sc3ccccc32)cc1. The highest BCUT2D eigenvalue weighted by Gasteiger charge is 2.37. The van der Waals surface area contributed by atoms with Crippen molar-refractivity contribution in [3.05, 3.63) is 101 Å². The molecule has 7 heteroatoms. The first kappa shape index (κ1) is 28.8. The zero-order valence-electron chi connectivity index (χ0n) is 23.7. The summed E-state index contributed by atoms with van der Waals surface area (Å²) in [6, 6.07) is 31.4. The molecule has 0 radical (unpaired) electrons. The average Bonchev–Trinajstić information content (AvgIpc) is 2.93. The summed E-state index contributed by atoms with van der Waals surface area (Å²) in [5.74, 6) is 1.63. The van der Waals surface area contributed by atoms with Gasteiger partial charge in [-0.2, -0.15) is 0 Å². The van der Waals surface area contributed by atoms with Crippen molar-refractivity contribution in [1.82, 2.24) is 0 Å². The number of ether oxygens (including phenoxy) is 2. The van der Waals surface area contributed by atoms with E-state index in [0.717, 1.165) is 27.2 Å². The third-order valence-corrected chi connectivity index (χ3v) is 13.7. The zero-order valence-corrected chi connectivity index (χ0v) is 27.1. The molecule has 5 rings (SSSR count). The van der Waals surface area contributed by atoms with Gasteiger partial charge < -0.3 is 18.8 Å². The van der Waals surface area contributed by atoms with E-state index in [1.807, 2.05) is 36.0 Å². The molecule has 0 amide bonds. The molecule has 4 nitrogen and oxygen atoms in total. The Morgan fingerprint density at radius 1 is 0.775 bits per heavy atom. The number of rotatable bonds is 9. The Morgan fingerprint density at radius 3 is 2.02 bits per heavy atom. The largest absolute Gasteiger partial charge is 0.491 e. The van der Waals surface area contributed by atoms with E-state index < -0.39 is 8.32 Å². The molecule has 0 saturated heterocycles. The van der Waals surface area contributed by atoms with Crippen molar-refractivity contribution in [2.75, 3.05) is 18.1 Å². The van der Waals surface area contributed by atoms with Crippen LogP contribution in [0, 0.1) is 0 Å². The lowest BCUT2D eigenvalue weighted by Crippen LogP contribution is -2.41. The smallest absolute Gasteiger partial charge is 0.192 e. The second kappa shape index (κ2) is 12.0. The van der Waals surface area contributed by atoms with Crippen LogP contribution in [0.25, 0.3) is 0 Å².